The molecule has 2 aromatic rings. The third-order valence-electron chi connectivity index (χ3n) is 2.53. The van der Waals surface area contributed by atoms with Crippen LogP contribution < -0.4 is 21.3 Å². The Hall–Kier alpha value is -1.86. The van der Waals surface area contributed by atoms with Crippen LogP contribution in [-0.4, -0.2) is 17.1 Å². The smallest absolute Gasteiger partial charge is 0.159 e. The molecule has 6 nitrogen and oxygen atoms in total. The minimum atomic E-state index is 0.504. The van der Waals surface area contributed by atoms with Gasteiger partial charge in [-0.05, 0) is 40.5 Å². The lowest BCUT2D eigenvalue weighted by Gasteiger charge is -2.13. The Labute approximate surface area is 119 Å². The molecule has 1 heterocycles. The van der Waals surface area contributed by atoms with Gasteiger partial charge in [0.1, 0.15) is 22.4 Å². The summed E-state index contributed by atoms with van der Waals surface area (Å²) in [5.74, 6) is 7.21. The number of aryl methyl sites for hydroxylation is 1. The Morgan fingerprint density at radius 3 is 2.68 bits per heavy atom. The molecule has 4 N–H and O–H groups in total. The van der Waals surface area contributed by atoms with Crippen molar-refractivity contribution in [3.05, 3.63) is 34.6 Å². The first-order chi connectivity index (χ1) is 9.15. The van der Waals surface area contributed by atoms with Crippen molar-refractivity contribution in [2.45, 2.75) is 6.92 Å². The van der Waals surface area contributed by atoms with Gasteiger partial charge in [0.05, 0.1) is 12.8 Å². The third kappa shape index (κ3) is 2.94. The van der Waals surface area contributed by atoms with Crippen molar-refractivity contribution < 1.29 is 4.74 Å². The summed E-state index contributed by atoms with van der Waals surface area (Å²) in [4.78, 5) is 8.16. The highest BCUT2D eigenvalue weighted by atomic mass is 79.9. The number of anilines is 3. The predicted molar refractivity (Wildman–Crippen MR) is 78.6 cm³/mol. The molecule has 0 saturated carbocycles. The van der Waals surface area contributed by atoms with E-state index in [9.17, 15) is 0 Å². The van der Waals surface area contributed by atoms with Crippen LogP contribution in [0.15, 0.2) is 29.0 Å². The normalized spacial score (nSPS) is 10.1. The Morgan fingerprint density at radius 1 is 1.26 bits per heavy atom. The number of rotatable bonds is 4. The Morgan fingerprint density at radius 2 is 2.00 bits per heavy atom. The molecule has 1 aromatic heterocycles. The molecule has 0 aliphatic rings. The lowest BCUT2D eigenvalue weighted by atomic mass is 10.2. The van der Waals surface area contributed by atoms with Gasteiger partial charge in [0.25, 0.3) is 0 Å². The maximum atomic E-state index is 5.37. The molecule has 0 fully saturated rings. The predicted octanol–water partition coefficient (Wildman–Crippen LogP) is 2.59. The van der Waals surface area contributed by atoms with Crippen LogP contribution in [0.4, 0.5) is 17.3 Å². The van der Waals surface area contributed by atoms with E-state index in [-0.39, 0.29) is 0 Å². The number of nitrogens with two attached hydrogens (primary N) is 1. The molecule has 100 valence electrons. The zero-order chi connectivity index (χ0) is 13.8. The number of nitrogens with one attached hydrogen (secondary N) is 2. The van der Waals surface area contributed by atoms with E-state index >= 15 is 0 Å². The highest BCUT2D eigenvalue weighted by Crippen LogP contribution is 2.32. The molecule has 0 radical (unpaired) electrons. The molecule has 19 heavy (non-hydrogen) atoms. The summed E-state index contributed by atoms with van der Waals surface area (Å²) in [6.45, 7) is 2.01. The van der Waals surface area contributed by atoms with Gasteiger partial charge in [-0.3, -0.25) is 0 Å². The van der Waals surface area contributed by atoms with Crippen molar-refractivity contribution in [2.24, 2.45) is 5.84 Å². The number of ether oxygens (including phenoxy) is 1. The number of hydrogen-bond acceptors (Lipinski definition) is 6. The molecule has 0 aliphatic carbocycles. The van der Waals surface area contributed by atoms with Crippen LogP contribution in [0.5, 0.6) is 5.75 Å². The average molecular weight is 324 g/mol. The molecule has 0 bridgehead atoms. The van der Waals surface area contributed by atoms with Gasteiger partial charge in [0.2, 0.25) is 0 Å². The van der Waals surface area contributed by atoms with Gasteiger partial charge < -0.3 is 15.5 Å². The topological polar surface area (TPSA) is 85.1 Å². The number of methoxy groups -OCH3 is 1. The van der Waals surface area contributed by atoms with Gasteiger partial charge in [0.15, 0.2) is 5.82 Å². The molecule has 0 amide bonds. The summed E-state index contributed by atoms with van der Waals surface area (Å²) in [6, 6.07) is 5.85. The standard InChI is InChI=1S/C12H14BrN5O/c1-7-3-4-9(19-2)8(5-7)17-11-10(13)12(18-14)16-6-15-11/h3-6H,14H2,1-2H3,(H2,15,16,17,18). The van der Waals surface area contributed by atoms with Crippen molar-refractivity contribution in [1.82, 2.24) is 9.97 Å². The Bertz CT molecular complexity index is 590. The van der Waals surface area contributed by atoms with Gasteiger partial charge in [-0.25, -0.2) is 15.8 Å². The lowest BCUT2D eigenvalue weighted by Crippen LogP contribution is -2.10. The summed E-state index contributed by atoms with van der Waals surface area (Å²) >= 11 is 3.39. The summed E-state index contributed by atoms with van der Waals surface area (Å²) in [5.41, 5.74) is 4.43. The number of aromatic nitrogens is 2. The maximum Gasteiger partial charge on any atom is 0.159 e. The van der Waals surface area contributed by atoms with Crippen LogP contribution in [-0.2, 0) is 0 Å². The van der Waals surface area contributed by atoms with Crippen LogP contribution in [0.25, 0.3) is 0 Å². The molecule has 0 saturated heterocycles. The second-order valence-corrected chi connectivity index (χ2v) is 4.65. The zero-order valence-corrected chi connectivity index (χ0v) is 12.2. The van der Waals surface area contributed by atoms with Gasteiger partial charge in [-0.15, -0.1) is 0 Å². The number of nitrogens with zero attached hydrogens (tertiary/aromatic N) is 2. The first-order valence-corrected chi connectivity index (χ1v) is 6.33. The fourth-order valence-electron chi connectivity index (χ4n) is 1.60. The number of hydrazine groups is 1. The quantitative estimate of drug-likeness (QED) is 0.592. The number of halogens is 1. The summed E-state index contributed by atoms with van der Waals surface area (Å²) < 4.78 is 5.96. The summed E-state index contributed by atoms with van der Waals surface area (Å²) in [6.07, 6.45) is 1.42. The summed E-state index contributed by atoms with van der Waals surface area (Å²) in [5, 5.41) is 3.19. The van der Waals surface area contributed by atoms with E-state index in [4.69, 9.17) is 10.6 Å². The first kappa shape index (κ1) is 13.6. The second kappa shape index (κ2) is 5.85. The lowest BCUT2D eigenvalue weighted by molar-refractivity contribution is 0.416. The van der Waals surface area contributed by atoms with E-state index in [0.717, 1.165) is 17.0 Å². The van der Waals surface area contributed by atoms with Crippen molar-refractivity contribution in [1.29, 1.82) is 0 Å². The van der Waals surface area contributed by atoms with Crippen LogP contribution in [0, 0.1) is 6.92 Å². The molecule has 0 aliphatic heterocycles. The van der Waals surface area contributed by atoms with E-state index in [2.05, 4.69) is 36.6 Å². The Balaban J connectivity index is 2.38. The second-order valence-electron chi connectivity index (χ2n) is 3.86. The molecule has 2 rings (SSSR count). The van der Waals surface area contributed by atoms with Gasteiger partial charge in [0, 0.05) is 0 Å². The van der Waals surface area contributed by atoms with E-state index in [0.29, 0.717) is 16.1 Å². The monoisotopic (exact) mass is 323 g/mol. The molecule has 0 atom stereocenters. The van der Waals surface area contributed by atoms with Crippen molar-refractivity contribution >= 4 is 33.3 Å². The zero-order valence-electron chi connectivity index (χ0n) is 10.6. The van der Waals surface area contributed by atoms with E-state index < -0.39 is 0 Å². The molecular formula is C12H14BrN5O. The molecular weight excluding hydrogens is 310 g/mol. The third-order valence-corrected chi connectivity index (χ3v) is 3.29. The minimum absolute atomic E-state index is 0.504. The van der Waals surface area contributed by atoms with E-state index in [1.807, 2.05) is 25.1 Å². The summed E-state index contributed by atoms with van der Waals surface area (Å²) in [7, 11) is 1.62. The number of nitrogen functional groups attached to an aromatic ring is 1. The highest BCUT2D eigenvalue weighted by Gasteiger charge is 2.10. The molecule has 0 unspecified atom stereocenters. The van der Waals surface area contributed by atoms with E-state index in [1.165, 1.54) is 6.33 Å². The van der Waals surface area contributed by atoms with Gasteiger partial charge in [-0.2, -0.15) is 0 Å². The Kier molecular flexibility index (Phi) is 4.18. The van der Waals surface area contributed by atoms with Crippen LogP contribution in [0.3, 0.4) is 0 Å². The SMILES string of the molecule is COc1ccc(C)cc1Nc1ncnc(NN)c1Br. The highest BCUT2D eigenvalue weighted by molar-refractivity contribution is 9.10. The maximum absolute atomic E-state index is 5.37. The fraction of sp³-hybridized carbons (Fsp3) is 0.167. The van der Waals surface area contributed by atoms with Crippen LogP contribution in [0.1, 0.15) is 5.56 Å². The molecule has 0 spiro atoms. The number of benzene rings is 1. The molecule has 1 aromatic carbocycles. The minimum Gasteiger partial charge on any atom is -0.495 e. The first-order valence-electron chi connectivity index (χ1n) is 5.54. The van der Waals surface area contributed by atoms with Crippen LogP contribution in [0.2, 0.25) is 0 Å². The number of hydrogen-bond donors (Lipinski definition) is 3. The average Bonchev–Trinajstić information content (AvgIpc) is 2.41. The van der Waals surface area contributed by atoms with E-state index in [1.54, 1.807) is 7.11 Å². The van der Waals surface area contributed by atoms with Crippen molar-refractivity contribution in [2.75, 3.05) is 17.9 Å². The van der Waals surface area contributed by atoms with Crippen molar-refractivity contribution in [3.63, 3.8) is 0 Å². The van der Waals surface area contributed by atoms with Crippen molar-refractivity contribution in [3.8, 4) is 5.75 Å². The fourth-order valence-corrected chi connectivity index (χ4v) is 2.02. The van der Waals surface area contributed by atoms with Gasteiger partial charge >= 0.3 is 0 Å². The molecule has 7 heteroatoms. The van der Waals surface area contributed by atoms with Crippen LogP contribution >= 0.6 is 15.9 Å². The largest absolute Gasteiger partial charge is 0.495 e. The van der Waals surface area contributed by atoms with Gasteiger partial charge in [-0.1, -0.05) is 6.07 Å².